The molecule has 1 nitrogen and oxygen atoms in total. The Morgan fingerprint density at radius 1 is 1.38 bits per heavy atom. The number of rotatable bonds is 5. The van der Waals surface area contributed by atoms with Crippen LogP contribution in [0.1, 0.15) is 51.9 Å². The van der Waals surface area contributed by atoms with Gasteiger partial charge in [0.25, 0.3) is 0 Å². The molecular formula is C11H20OS. The number of hydrogen-bond donors (Lipinski definition) is 0. The zero-order valence-electron chi connectivity index (χ0n) is 8.55. The highest BCUT2D eigenvalue weighted by Crippen LogP contribution is 2.26. The van der Waals surface area contributed by atoms with Gasteiger partial charge in [0, 0.05) is 6.42 Å². The lowest BCUT2D eigenvalue weighted by Gasteiger charge is -2.19. The summed E-state index contributed by atoms with van der Waals surface area (Å²) in [6, 6.07) is 0. The van der Waals surface area contributed by atoms with E-state index in [1.54, 1.807) is 0 Å². The molecule has 1 unspecified atom stereocenters. The maximum absolute atomic E-state index is 11.4. The number of Topliss-reactive ketones (excluding diaryl/α,β-unsaturated/α-hetero) is 1. The molecule has 0 aliphatic heterocycles. The SMILES string of the molecule is CCCCCSC1CCCCC1=O. The average molecular weight is 200 g/mol. The van der Waals surface area contributed by atoms with Crippen LogP contribution in [-0.4, -0.2) is 16.8 Å². The maximum Gasteiger partial charge on any atom is 0.145 e. The smallest absolute Gasteiger partial charge is 0.145 e. The molecule has 1 aliphatic carbocycles. The largest absolute Gasteiger partial charge is 0.298 e. The molecular weight excluding hydrogens is 180 g/mol. The van der Waals surface area contributed by atoms with E-state index in [2.05, 4.69) is 6.92 Å². The Hall–Kier alpha value is 0.0200. The summed E-state index contributed by atoms with van der Waals surface area (Å²) >= 11 is 1.90. The summed E-state index contributed by atoms with van der Waals surface area (Å²) < 4.78 is 0. The van der Waals surface area contributed by atoms with Crippen LogP contribution in [0.2, 0.25) is 0 Å². The molecule has 0 spiro atoms. The summed E-state index contributed by atoms with van der Waals surface area (Å²) in [6.07, 6.45) is 8.24. The molecule has 76 valence electrons. The fourth-order valence-electron chi connectivity index (χ4n) is 1.70. The van der Waals surface area contributed by atoms with Crippen LogP contribution in [0.4, 0.5) is 0 Å². The van der Waals surface area contributed by atoms with Crippen molar-refractivity contribution in [2.75, 3.05) is 5.75 Å². The molecule has 0 saturated heterocycles. The maximum atomic E-state index is 11.4. The summed E-state index contributed by atoms with van der Waals surface area (Å²) in [5.41, 5.74) is 0. The van der Waals surface area contributed by atoms with Gasteiger partial charge in [-0.25, -0.2) is 0 Å². The molecule has 0 aromatic rings. The number of hydrogen-bond acceptors (Lipinski definition) is 2. The van der Waals surface area contributed by atoms with Crippen LogP contribution >= 0.6 is 11.8 Å². The molecule has 1 saturated carbocycles. The van der Waals surface area contributed by atoms with Gasteiger partial charge in [-0.3, -0.25) is 4.79 Å². The van der Waals surface area contributed by atoms with Crippen LogP contribution in [0, 0.1) is 0 Å². The summed E-state index contributed by atoms with van der Waals surface area (Å²) in [4.78, 5) is 11.4. The van der Waals surface area contributed by atoms with E-state index >= 15 is 0 Å². The van der Waals surface area contributed by atoms with E-state index < -0.39 is 0 Å². The van der Waals surface area contributed by atoms with E-state index in [1.165, 1.54) is 31.4 Å². The standard InChI is InChI=1S/C11H20OS/c1-2-3-6-9-13-11-8-5-4-7-10(11)12/h11H,2-9H2,1H3. The Morgan fingerprint density at radius 3 is 2.92 bits per heavy atom. The van der Waals surface area contributed by atoms with Crippen molar-refractivity contribution in [1.29, 1.82) is 0 Å². The summed E-state index contributed by atoms with van der Waals surface area (Å²) in [5.74, 6) is 1.69. The van der Waals surface area contributed by atoms with Crippen LogP contribution in [0.25, 0.3) is 0 Å². The van der Waals surface area contributed by atoms with Crippen molar-refractivity contribution >= 4 is 17.5 Å². The highest BCUT2D eigenvalue weighted by atomic mass is 32.2. The Kier molecular flexibility index (Phi) is 5.52. The first kappa shape index (κ1) is 11.1. The van der Waals surface area contributed by atoms with Crippen molar-refractivity contribution in [3.8, 4) is 0 Å². The Morgan fingerprint density at radius 2 is 2.23 bits per heavy atom. The van der Waals surface area contributed by atoms with Gasteiger partial charge in [-0.2, -0.15) is 11.8 Å². The minimum Gasteiger partial charge on any atom is -0.298 e. The molecule has 0 amide bonds. The molecule has 1 atom stereocenters. The van der Waals surface area contributed by atoms with Crippen LogP contribution in [-0.2, 0) is 4.79 Å². The van der Waals surface area contributed by atoms with E-state index in [9.17, 15) is 4.79 Å². The molecule has 0 N–H and O–H groups in total. The second-order valence-electron chi connectivity index (χ2n) is 3.78. The second-order valence-corrected chi connectivity index (χ2v) is 5.09. The third-order valence-electron chi connectivity index (χ3n) is 2.57. The van der Waals surface area contributed by atoms with Crippen LogP contribution in [0.5, 0.6) is 0 Å². The molecule has 2 heteroatoms. The lowest BCUT2D eigenvalue weighted by atomic mass is 9.99. The lowest BCUT2D eigenvalue weighted by Crippen LogP contribution is -2.21. The molecule has 1 aliphatic rings. The number of carbonyl (C=O) groups is 1. The van der Waals surface area contributed by atoms with Crippen molar-refractivity contribution in [3.05, 3.63) is 0 Å². The number of ketones is 1. The lowest BCUT2D eigenvalue weighted by molar-refractivity contribution is -0.119. The van der Waals surface area contributed by atoms with E-state index in [0.29, 0.717) is 11.0 Å². The van der Waals surface area contributed by atoms with E-state index in [0.717, 1.165) is 19.3 Å². The highest BCUT2D eigenvalue weighted by molar-refractivity contribution is 8.00. The van der Waals surface area contributed by atoms with Gasteiger partial charge in [0.1, 0.15) is 5.78 Å². The Bertz CT molecular complexity index is 156. The molecule has 0 aromatic carbocycles. The molecule has 0 bridgehead atoms. The predicted molar refractivity (Wildman–Crippen MR) is 59.2 cm³/mol. The quantitative estimate of drug-likeness (QED) is 0.633. The highest BCUT2D eigenvalue weighted by Gasteiger charge is 2.21. The van der Waals surface area contributed by atoms with Crippen molar-refractivity contribution in [1.82, 2.24) is 0 Å². The molecule has 0 radical (unpaired) electrons. The zero-order valence-corrected chi connectivity index (χ0v) is 9.37. The number of thioether (sulfide) groups is 1. The van der Waals surface area contributed by atoms with E-state index in [1.807, 2.05) is 11.8 Å². The normalized spacial score (nSPS) is 23.5. The summed E-state index contributed by atoms with van der Waals surface area (Å²) in [5, 5.41) is 0.352. The van der Waals surface area contributed by atoms with Gasteiger partial charge in [0.05, 0.1) is 5.25 Å². The molecule has 0 heterocycles. The molecule has 13 heavy (non-hydrogen) atoms. The van der Waals surface area contributed by atoms with Gasteiger partial charge in [-0.1, -0.05) is 26.2 Å². The molecule has 1 fully saturated rings. The third kappa shape index (κ3) is 4.17. The molecule has 1 rings (SSSR count). The molecule has 0 aromatic heterocycles. The summed E-state index contributed by atoms with van der Waals surface area (Å²) in [6.45, 7) is 2.22. The predicted octanol–water partition coefficient (Wildman–Crippen LogP) is 3.42. The van der Waals surface area contributed by atoms with Crippen LogP contribution in [0.15, 0.2) is 0 Å². The zero-order chi connectivity index (χ0) is 9.52. The van der Waals surface area contributed by atoms with Crippen molar-refractivity contribution in [2.45, 2.75) is 57.1 Å². The second kappa shape index (κ2) is 6.47. The van der Waals surface area contributed by atoms with E-state index in [-0.39, 0.29) is 0 Å². The number of unbranched alkanes of at least 4 members (excludes halogenated alkanes) is 2. The minimum absolute atomic E-state index is 0.352. The monoisotopic (exact) mass is 200 g/mol. The Labute approximate surface area is 85.7 Å². The van der Waals surface area contributed by atoms with Gasteiger partial charge in [0.2, 0.25) is 0 Å². The van der Waals surface area contributed by atoms with Crippen LogP contribution in [0.3, 0.4) is 0 Å². The van der Waals surface area contributed by atoms with Crippen molar-refractivity contribution in [3.63, 3.8) is 0 Å². The van der Waals surface area contributed by atoms with Gasteiger partial charge >= 0.3 is 0 Å². The van der Waals surface area contributed by atoms with Gasteiger partial charge in [0.15, 0.2) is 0 Å². The summed E-state index contributed by atoms with van der Waals surface area (Å²) in [7, 11) is 0. The third-order valence-corrected chi connectivity index (χ3v) is 3.99. The van der Waals surface area contributed by atoms with Gasteiger partial charge < -0.3 is 0 Å². The first-order valence-electron chi connectivity index (χ1n) is 5.49. The Balaban J connectivity index is 2.08. The fraction of sp³-hybridized carbons (Fsp3) is 0.909. The minimum atomic E-state index is 0.352. The topological polar surface area (TPSA) is 17.1 Å². The first-order valence-corrected chi connectivity index (χ1v) is 6.53. The van der Waals surface area contributed by atoms with Gasteiger partial charge in [-0.05, 0) is 25.0 Å². The van der Waals surface area contributed by atoms with Gasteiger partial charge in [-0.15, -0.1) is 0 Å². The number of carbonyl (C=O) groups excluding carboxylic acids is 1. The van der Waals surface area contributed by atoms with Crippen molar-refractivity contribution < 1.29 is 4.79 Å². The van der Waals surface area contributed by atoms with Crippen molar-refractivity contribution in [2.24, 2.45) is 0 Å². The average Bonchev–Trinajstić information content (AvgIpc) is 2.15. The fourth-order valence-corrected chi connectivity index (χ4v) is 3.00. The first-order chi connectivity index (χ1) is 6.34. The van der Waals surface area contributed by atoms with Crippen LogP contribution < -0.4 is 0 Å². The van der Waals surface area contributed by atoms with E-state index in [4.69, 9.17) is 0 Å².